The second-order valence-corrected chi connectivity index (χ2v) is 14.9. The highest BCUT2D eigenvalue weighted by molar-refractivity contribution is 6.89. The number of hydrogen-bond acceptors (Lipinski definition) is 2. The molecule has 46 heavy (non-hydrogen) atoms. The molecule has 230 valence electrons. The first kappa shape index (κ1) is 29.2. The van der Waals surface area contributed by atoms with Crippen LogP contribution in [0.5, 0.6) is 0 Å². The van der Waals surface area contributed by atoms with Crippen molar-refractivity contribution in [2.75, 3.05) is 4.90 Å². The van der Waals surface area contributed by atoms with E-state index in [9.17, 15) is 0 Å². The van der Waals surface area contributed by atoms with E-state index in [1.165, 1.54) is 72.8 Å². The molecule has 0 fully saturated rings. The number of aryl methyl sites for hydroxylation is 2. The van der Waals surface area contributed by atoms with Crippen LogP contribution in [0.1, 0.15) is 70.1 Å². The Labute approximate surface area is 276 Å². The predicted molar refractivity (Wildman–Crippen MR) is 195 cm³/mol. The molecule has 0 saturated carbocycles. The number of allylic oxidation sites excluding steroid dienone is 10. The maximum absolute atomic E-state index is 2.72. The van der Waals surface area contributed by atoms with Crippen LogP contribution in [0.4, 0.5) is 11.4 Å². The van der Waals surface area contributed by atoms with E-state index in [0.29, 0.717) is 11.8 Å². The molecule has 2 atom stereocenters. The van der Waals surface area contributed by atoms with Crippen LogP contribution in [0, 0.1) is 25.7 Å². The minimum atomic E-state index is -0.0521. The summed E-state index contributed by atoms with van der Waals surface area (Å²) < 4.78 is 0. The molecule has 3 heteroatoms. The Morgan fingerprint density at radius 2 is 1.54 bits per heavy atom. The van der Waals surface area contributed by atoms with Gasteiger partial charge in [0.2, 0.25) is 0 Å². The van der Waals surface area contributed by atoms with E-state index < -0.39 is 0 Å². The van der Waals surface area contributed by atoms with Crippen molar-refractivity contribution in [1.29, 1.82) is 0 Å². The maximum atomic E-state index is 2.72. The first-order valence-corrected chi connectivity index (χ1v) is 17.3. The zero-order valence-electron chi connectivity index (χ0n) is 28.3. The van der Waals surface area contributed by atoms with Crippen molar-refractivity contribution in [2.24, 2.45) is 11.8 Å². The van der Waals surface area contributed by atoms with E-state index in [0.717, 1.165) is 25.7 Å². The molecule has 8 rings (SSSR count). The van der Waals surface area contributed by atoms with Crippen LogP contribution in [0.25, 0.3) is 0 Å². The van der Waals surface area contributed by atoms with E-state index in [-0.39, 0.29) is 12.1 Å². The SMILES string of the molecule is CC1=CC=C(N2C3=CCC(C)C=C3B3C4=C2CC(C(C)(C)c2ccccc2)C=C4N(c2ccc(C)cc2)c2ccc(C)cc23)CC1. The summed E-state index contributed by atoms with van der Waals surface area (Å²) in [5.74, 6) is 0.844. The highest BCUT2D eigenvalue weighted by Crippen LogP contribution is 2.54. The van der Waals surface area contributed by atoms with E-state index in [2.05, 4.69) is 155 Å². The number of rotatable bonds is 4. The third-order valence-electron chi connectivity index (χ3n) is 11.2. The molecule has 2 aliphatic heterocycles. The summed E-state index contributed by atoms with van der Waals surface area (Å²) in [6.45, 7) is 14.2. The van der Waals surface area contributed by atoms with Gasteiger partial charge in [-0.3, -0.25) is 0 Å². The van der Waals surface area contributed by atoms with Gasteiger partial charge in [0.25, 0.3) is 6.71 Å². The van der Waals surface area contributed by atoms with E-state index in [1.54, 1.807) is 0 Å². The van der Waals surface area contributed by atoms with E-state index in [4.69, 9.17) is 0 Å². The van der Waals surface area contributed by atoms with E-state index in [1.807, 2.05) is 0 Å². The van der Waals surface area contributed by atoms with Crippen molar-refractivity contribution in [2.45, 2.75) is 72.6 Å². The van der Waals surface area contributed by atoms with Crippen molar-refractivity contribution >= 4 is 23.6 Å². The lowest BCUT2D eigenvalue weighted by atomic mass is 9.30. The average Bonchev–Trinajstić information content (AvgIpc) is 3.06. The fraction of sp³-hybridized carbons (Fsp3) is 0.302. The van der Waals surface area contributed by atoms with Crippen LogP contribution in [0.15, 0.2) is 142 Å². The molecule has 0 spiro atoms. The van der Waals surface area contributed by atoms with Crippen LogP contribution >= 0.6 is 0 Å². The zero-order valence-corrected chi connectivity index (χ0v) is 28.3. The molecule has 0 amide bonds. The average molecular weight is 601 g/mol. The Morgan fingerprint density at radius 1 is 0.783 bits per heavy atom. The smallest absolute Gasteiger partial charge is 0.251 e. The van der Waals surface area contributed by atoms with Crippen LogP contribution in [0.2, 0.25) is 0 Å². The molecular weight excluding hydrogens is 555 g/mol. The van der Waals surface area contributed by atoms with Gasteiger partial charge in [-0.1, -0.05) is 116 Å². The second-order valence-electron chi connectivity index (χ2n) is 14.9. The third kappa shape index (κ3) is 4.62. The lowest BCUT2D eigenvalue weighted by Gasteiger charge is -2.52. The number of anilines is 2. The zero-order chi connectivity index (χ0) is 31.7. The molecule has 3 aromatic rings. The topological polar surface area (TPSA) is 6.48 Å². The van der Waals surface area contributed by atoms with Gasteiger partial charge in [0.05, 0.1) is 0 Å². The molecule has 0 radical (unpaired) electrons. The normalized spacial score (nSPS) is 22.2. The number of hydrogen-bond donors (Lipinski definition) is 0. The van der Waals surface area contributed by atoms with Crippen LogP contribution in [-0.2, 0) is 5.41 Å². The molecular formula is C43H45BN2. The van der Waals surface area contributed by atoms with Gasteiger partial charge in [-0.2, -0.15) is 0 Å². The van der Waals surface area contributed by atoms with Crippen LogP contribution in [-0.4, -0.2) is 11.6 Å². The summed E-state index contributed by atoms with van der Waals surface area (Å²) in [4.78, 5) is 5.31. The molecule has 2 heterocycles. The van der Waals surface area contributed by atoms with Crippen molar-refractivity contribution < 1.29 is 0 Å². The monoisotopic (exact) mass is 600 g/mol. The second kappa shape index (κ2) is 10.9. The quantitative estimate of drug-likeness (QED) is 0.275. The molecule has 0 saturated heterocycles. The Bertz CT molecular complexity index is 1910. The van der Waals surface area contributed by atoms with Crippen LogP contribution in [0.3, 0.4) is 0 Å². The Kier molecular flexibility index (Phi) is 6.94. The number of benzene rings is 3. The van der Waals surface area contributed by atoms with Gasteiger partial charge in [-0.05, 0) is 110 Å². The van der Waals surface area contributed by atoms with Gasteiger partial charge < -0.3 is 9.80 Å². The fourth-order valence-corrected chi connectivity index (χ4v) is 8.49. The van der Waals surface area contributed by atoms with Gasteiger partial charge in [-0.15, -0.1) is 0 Å². The summed E-state index contributed by atoms with van der Waals surface area (Å²) in [5.41, 5.74) is 18.1. The van der Waals surface area contributed by atoms with Crippen molar-refractivity contribution in [3.63, 3.8) is 0 Å². The summed E-state index contributed by atoms with van der Waals surface area (Å²) in [5, 5.41) is 0. The Balaban J connectivity index is 1.44. The summed E-state index contributed by atoms with van der Waals surface area (Å²) in [7, 11) is 0. The lowest BCUT2D eigenvalue weighted by molar-refractivity contribution is 0.340. The predicted octanol–water partition coefficient (Wildman–Crippen LogP) is 10.2. The summed E-state index contributed by atoms with van der Waals surface area (Å²) in [6.07, 6.45) is 16.9. The molecule has 0 bridgehead atoms. The Morgan fingerprint density at radius 3 is 2.28 bits per heavy atom. The standard InChI is InChI=1S/C43H45BN2/c1-28-12-18-34(19-13-28)45-38-22-16-30(3)24-36(38)44-37-25-31(4)17-23-39(37)46(35-20-14-29(2)15-21-35)41-27-33(26-40(45)42(41)44)43(5,6)32-10-8-7-9-11-32/h7-14,16,18-20,22-26,31,33H,15,17,21,27H2,1-6H3. The fourth-order valence-electron chi connectivity index (χ4n) is 8.49. The molecule has 3 aliphatic carbocycles. The van der Waals surface area contributed by atoms with Gasteiger partial charge in [0, 0.05) is 34.2 Å². The van der Waals surface area contributed by atoms with Gasteiger partial charge >= 0.3 is 0 Å². The highest BCUT2D eigenvalue weighted by atomic mass is 15.2. The molecule has 0 N–H and O–H groups in total. The van der Waals surface area contributed by atoms with Crippen molar-refractivity contribution in [3.05, 3.63) is 159 Å². The first-order valence-electron chi connectivity index (χ1n) is 17.3. The number of fused-ring (bicyclic) bond motifs is 4. The maximum Gasteiger partial charge on any atom is 0.251 e. The highest BCUT2D eigenvalue weighted by Gasteiger charge is 2.50. The number of nitrogens with zero attached hydrogens (tertiary/aromatic N) is 2. The molecule has 5 aliphatic rings. The Hall–Kier alpha value is -4.24. The van der Waals surface area contributed by atoms with E-state index >= 15 is 0 Å². The lowest BCUT2D eigenvalue weighted by Crippen LogP contribution is -2.54. The molecule has 3 aromatic carbocycles. The van der Waals surface area contributed by atoms with Gasteiger partial charge in [-0.25, -0.2) is 0 Å². The molecule has 2 unspecified atom stereocenters. The third-order valence-corrected chi connectivity index (χ3v) is 11.2. The van der Waals surface area contributed by atoms with Gasteiger partial charge in [0.1, 0.15) is 0 Å². The van der Waals surface area contributed by atoms with Gasteiger partial charge in [0.15, 0.2) is 0 Å². The first-order chi connectivity index (χ1) is 22.2. The van der Waals surface area contributed by atoms with Crippen LogP contribution < -0.4 is 10.4 Å². The molecule has 2 nitrogen and oxygen atoms in total. The van der Waals surface area contributed by atoms with Crippen molar-refractivity contribution in [3.8, 4) is 0 Å². The molecule has 0 aromatic heterocycles. The largest absolute Gasteiger partial charge is 0.319 e. The summed E-state index contributed by atoms with van der Waals surface area (Å²) in [6, 6.07) is 27.5. The minimum Gasteiger partial charge on any atom is -0.319 e. The summed E-state index contributed by atoms with van der Waals surface area (Å²) >= 11 is 0. The van der Waals surface area contributed by atoms with Crippen molar-refractivity contribution in [1.82, 2.24) is 4.90 Å². The minimum absolute atomic E-state index is 0.0521.